The van der Waals surface area contributed by atoms with Crippen molar-refractivity contribution in [2.24, 2.45) is 4.99 Å². The van der Waals surface area contributed by atoms with E-state index in [0.29, 0.717) is 36.3 Å². The summed E-state index contributed by atoms with van der Waals surface area (Å²) in [7, 11) is 2.87. The first-order chi connectivity index (χ1) is 21.4. The summed E-state index contributed by atoms with van der Waals surface area (Å²) >= 11 is 0. The van der Waals surface area contributed by atoms with Crippen molar-refractivity contribution in [3.8, 4) is 22.6 Å². The van der Waals surface area contributed by atoms with Gasteiger partial charge in [0, 0.05) is 19.4 Å². The van der Waals surface area contributed by atoms with Crippen molar-refractivity contribution in [1.29, 1.82) is 0 Å². The maximum Gasteiger partial charge on any atom is 0.336 e. The minimum Gasteiger partial charge on any atom is -0.493 e. The van der Waals surface area contributed by atoms with E-state index in [1.807, 2.05) is 42.5 Å². The molecule has 4 aromatic rings. The van der Waals surface area contributed by atoms with Crippen LogP contribution >= 0.6 is 0 Å². The van der Waals surface area contributed by atoms with Gasteiger partial charge in [0.15, 0.2) is 17.8 Å². The number of aromatic nitrogens is 2. The third-order valence-corrected chi connectivity index (χ3v) is 7.66. The number of aliphatic imine (C=N–C) groups is 1. The molecule has 3 aromatic carbocycles. The number of benzene rings is 3. The van der Waals surface area contributed by atoms with Crippen LogP contribution in [-0.4, -0.2) is 52.8 Å². The third kappa shape index (κ3) is 6.08. The lowest BCUT2D eigenvalue weighted by molar-refractivity contribution is 0.0697. The lowest BCUT2D eigenvalue weighted by Gasteiger charge is -2.15. The van der Waals surface area contributed by atoms with Gasteiger partial charge in [-0.15, -0.1) is 0 Å². The van der Waals surface area contributed by atoms with Crippen molar-refractivity contribution in [1.82, 2.24) is 9.55 Å². The molecule has 1 aromatic heterocycles. The second-order valence-electron chi connectivity index (χ2n) is 10.4. The number of carbonyl (C=O) groups is 3. The maximum atomic E-state index is 13.3. The number of methoxy groups -OCH3 is 2. The van der Waals surface area contributed by atoms with E-state index in [-0.39, 0.29) is 22.4 Å². The molecule has 1 aliphatic rings. The first-order valence-corrected chi connectivity index (χ1v) is 14.4. The molecule has 0 radical (unpaired) electrons. The summed E-state index contributed by atoms with van der Waals surface area (Å²) in [5, 5.41) is 9.61. The van der Waals surface area contributed by atoms with Crippen LogP contribution < -0.4 is 9.47 Å². The van der Waals surface area contributed by atoms with Gasteiger partial charge in [0.25, 0.3) is 5.91 Å². The molecule has 1 amide bonds. The molecule has 0 saturated carbocycles. The van der Waals surface area contributed by atoms with Gasteiger partial charge >= 0.3 is 5.97 Å². The van der Waals surface area contributed by atoms with Gasteiger partial charge in [-0.2, -0.15) is 0 Å². The fourth-order valence-electron chi connectivity index (χ4n) is 5.41. The number of unbranched alkanes of at least 4 members (excludes halogenated alkanes) is 1. The zero-order valence-electron chi connectivity index (χ0n) is 24.9. The van der Waals surface area contributed by atoms with E-state index < -0.39 is 11.9 Å². The number of rotatable bonds is 11. The van der Waals surface area contributed by atoms with Crippen molar-refractivity contribution >= 4 is 30.0 Å². The Bertz CT molecular complexity index is 1780. The number of allylic oxidation sites excluding steroid dienone is 1. The van der Waals surface area contributed by atoms with Gasteiger partial charge in [0.1, 0.15) is 5.82 Å². The van der Waals surface area contributed by atoms with Gasteiger partial charge in [-0.1, -0.05) is 55.8 Å². The minimum absolute atomic E-state index is 0.0861. The van der Waals surface area contributed by atoms with E-state index in [0.717, 1.165) is 47.6 Å². The second kappa shape index (κ2) is 13.3. The Morgan fingerprint density at radius 3 is 2.45 bits per heavy atom. The van der Waals surface area contributed by atoms with Crippen LogP contribution in [-0.2, 0) is 19.4 Å². The number of ether oxygens (including phenoxy) is 2. The number of aryl methyl sites for hydroxylation is 1. The largest absolute Gasteiger partial charge is 0.493 e. The van der Waals surface area contributed by atoms with Crippen LogP contribution in [0.5, 0.6) is 11.5 Å². The van der Waals surface area contributed by atoms with E-state index >= 15 is 0 Å². The van der Waals surface area contributed by atoms with E-state index in [1.54, 1.807) is 24.3 Å². The number of amides is 1. The van der Waals surface area contributed by atoms with Crippen LogP contribution in [0.3, 0.4) is 0 Å². The number of carboxylic acid groups (broad SMARTS) is 1. The number of nitrogens with zero attached hydrogens (tertiary/aromatic N) is 3. The molecule has 0 aliphatic heterocycles. The molecule has 0 atom stereocenters. The normalized spacial score (nSPS) is 13.0. The smallest absolute Gasteiger partial charge is 0.336 e. The molecule has 1 aliphatic carbocycles. The van der Waals surface area contributed by atoms with Crippen molar-refractivity contribution in [3.63, 3.8) is 0 Å². The first-order valence-electron chi connectivity index (χ1n) is 14.4. The predicted molar refractivity (Wildman–Crippen MR) is 168 cm³/mol. The number of carbonyl (C=O) groups excluding carboxylic acids is 2. The van der Waals surface area contributed by atoms with E-state index in [2.05, 4.69) is 16.5 Å². The Morgan fingerprint density at radius 1 is 1.00 bits per heavy atom. The summed E-state index contributed by atoms with van der Waals surface area (Å²) in [5.41, 5.74) is 5.34. The minimum atomic E-state index is -0.965. The summed E-state index contributed by atoms with van der Waals surface area (Å²) in [5.74, 6) is -0.0225. The zero-order valence-corrected chi connectivity index (χ0v) is 24.9. The number of hydrogen-bond acceptors (Lipinski definition) is 6. The Kier molecular flexibility index (Phi) is 9.14. The monoisotopic (exact) mass is 591 g/mol. The van der Waals surface area contributed by atoms with Crippen LogP contribution in [0.15, 0.2) is 71.7 Å². The molecule has 0 fully saturated rings. The summed E-state index contributed by atoms with van der Waals surface area (Å²) < 4.78 is 12.8. The van der Waals surface area contributed by atoms with Crippen LogP contribution in [0.25, 0.3) is 17.2 Å². The van der Waals surface area contributed by atoms with Crippen molar-refractivity contribution < 1.29 is 29.0 Å². The predicted octanol–water partition coefficient (Wildman–Crippen LogP) is 6.32. The summed E-state index contributed by atoms with van der Waals surface area (Å²) in [4.78, 5) is 46.2. The molecule has 0 saturated heterocycles. The van der Waals surface area contributed by atoms with Gasteiger partial charge in [0.2, 0.25) is 0 Å². The lowest BCUT2D eigenvalue weighted by atomic mass is 9.98. The maximum absolute atomic E-state index is 13.3. The molecule has 224 valence electrons. The standard InChI is InChI=1S/C35H33N3O6/c1-4-5-10-32-37-29-17-15-24(36-34(40)26-16-18-31(43-2)33(44-3)28(26)21-39)19-30(29)38(32)20-22-11-13-23(14-12-22)25-8-6-7-9-27(25)35(41)42/h6-9,11-18,21H,4-5,10,19-20H2,1-3H3,(H,41,42). The molecule has 0 bridgehead atoms. The molecule has 1 heterocycles. The highest BCUT2D eigenvalue weighted by atomic mass is 16.5. The van der Waals surface area contributed by atoms with E-state index in [9.17, 15) is 19.5 Å². The fourth-order valence-corrected chi connectivity index (χ4v) is 5.41. The topological polar surface area (TPSA) is 120 Å². The number of fused-ring (bicyclic) bond motifs is 1. The summed E-state index contributed by atoms with van der Waals surface area (Å²) in [6, 6.07) is 17.9. The number of aromatic carboxylic acids is 1. The van der Waals surface area contributed by atoms with E-state index in [1.165, 1.54) is 20.3 Å². The van der Waals surface area contributed by atoms with Crippen LogP contribution in [0.4, 0.5) is 0 Å². The van der Waals surface area contributed by atoms with Gasteiger partial charge in [0.05, 0.1) is 48.0 Å². The van der Waals surface area contributed by atoms with Crippen LogP contribution in [0, 0.1) is 0 Å². The first kappa shape index (κ1) is 30.2. The average Bonchev–Trinajstić information content (AvgIpc) is 3.39. The Labute approximate surface area is 255 Å². The molecule has 5 rings (SSSR count). The van der Waals surface area contributed by atoms with Gasteiger partial charge in [-0.05, 0) is 53.5 Å². The van der Waals surface area contributed by atoms with Gasteiger partial charge in [-0.25, -0.2) is 14.8 Å². The van der Waals surface area contributed by atoms with Crippen molar-refractivity contribution in [2.75, 3.05) is 14.2 Å². The molecular weight excluding hydrogens is 558 g/mol. The Balaban J connectivity index is 1.45. The second-order valence-corrected chi connectivity index (χ2v) is 10.4. The van der Waals surface area contributed by atoms with Crippen molar-refractivity contribution in [2.45, 2.75) is 39.2 Å². The highest BCUT2D eigenvalue weighted by molar-refractivity contribution is 6.13. The average molecular weight is 592 g/mol. The molecule has 44 heavy (non-hydrogen) atoms. The summed E-state index contributed by atoms with van der Waals surface area (Å²) in [6.45, 7) is 2.70. The number of hydrogen-bond donors (Lipinski definition) is 1. The lowest BCUT2D eigenvalue weighted by Crippen LogP contribution is -2.15. The van der Waals surface area contributed by atoms with Crippen molar-refractivity contribution in [3.05, 3.63) is 106 Å². The van der Waals surface area contributed by atoms with Crippen LogP contribution in [0.2, 0.25) is 0 Å². The highest BCUT2D eigenvalue weighted by Crippen LogP contribution is 2.33. The van der Waals surface area contributed by atoms with Crippen LogP contribution in [0.1, 0.15) is 73.6 Å². The third-order valence-electron chi connectivity index (χ3n) is 7.66. The highest BCUT2D eigenvalue weighted by Gasteiger charge is 2.23. The molecule has 0 spiro atoms. The van der Waals surface area contributed by atoms with E-state index in [4.69, 9.17) is 14.5 Å². The molecule has 1 N–H and O–H groups in total. The molecule has 0 unspecified atom stereocenters. The number of imidazole rings is 1. The number of aldehydes is 1. The molecular formula is C35H33N3O6. The number of carboxylic acids is 1. The molecule has 9 heteroatoms. The Hall–Kier alpha value is -5.31. The fraction of sp³-hybridized carbons (Fsp3) is 0.229. The SMILES string of the molecule is CCCCc1nc2c(n1Cc1ccc(-c3ccccc3C(=O)O)cc1)CC(=NC(=O)c1ccc(OC)c(OC)c1C=O)C=C2. The van der Waals surface area contributed by atoms with Gasteiger partial charge < -0.3 is 19.1 Å². The summed E-state index contributed by atoms with van der Waals surface area (Å²) in [6.07, 6.45) is 7.44. The zero-order chi connectivity index (χ0) is 31.2. The quantitative estimate of drug-likeness (QED) is 0.203. The Morgan fingerprint density at radius 2 is 1.77 bits per heavy atom. The molecule has 9 nitrogen and oxygen atoms in total. The van der Waals surface area contributed by atoms with Gasteiger partial charge in [-0.3, -0.25) is 9.59 Å².